The lowest BCUT2D eigenvalue weighted by Crippen LogP contribution is -2.54. The lowest BCUT2D eigenvalue weighted by atomic mass is 10.0. The molecule has 0 spiro atoms. The normalized spacial score (nSPS) is 29.4. The average Bonchev–Trinajstić information content (AvgIpc) is 2.26. The Labute approximate surface area is 101 Å². The van der Waals surface area contributed by atoms with Crippen molar-refractivity contribution in [2.24, 2.45) is 5.92 Å². The first kappa shape index (κ1) is 13.9. The summed E-state index contributed by atoms with van der Waals surface area (Å²) in [4.78, 5) is 4.96. The highest BCUT2D eigenvalue weighted by atomic mass is 15.3. The van der Waals surface area contributed by atoms with E-state index in [0.29, 0.717) is 6.04 Å². The van der Waals surface area contributed by atoms with E-state index in [2.05, 4.69) is 56.9 Å². The van der Waals surface area contributed by atoms with E-state index in [4.69, 9.17) is 0 Å². The zero-order valence-corrected chi connectivity index (χ0v) is 11.9. The molecule has 3 nitrogen and oxygen atoms in total. The fourth-order valence-electron chi connectivity index (χ4n) is 2.56. The molecule has 0 aliphatic carbocycles. The molecule has 0 aromatic heterocycles. The van der Waals surface area contributed by atoms with Gasteiger partial charge in [-0.15, -0.1) is 0 Å². The molecule has 1 fully saturated rings. The second-order valence-electron chi connectivity index (χ2n) is 6.50. The van der Waals surface area contributed by atoms with E-state index in [1.807, 2.05) is 0 Å². The molecule has 0 bridgehead atoms. The first-order chi connectivity index (χ1) is 7.30. The van der Waals surface area contributed by atoms with Crippen LogP contribution in [0.1, 0.15) is 27.7 Å². The van der Waals surface area contributed by atoms with E-state index in [1.54, 1.807) is 0 Å². The minimum Gasteiger partial charge on any atom is -0.315 e. The lowest BCUT2D eigenvalue weighted by molar-refractivity contribution is 0.0657. The maximum absolute atomic E-state index is 3.59. The summed E-state index contributed by atoms with van der Waals surface area (Å²) in [6.45, 7) is 13.9. The molecule has 1 heterocycles. The van der Waals surface area contributed by atoms with E-state index in [0.717, 1.165) is 25.6 Å². The molecule has 2 atom stereocenters. The van der Waals surface area contributed by atoms with Gasteiger partial charge in [-0.3, -0.25) is 4.90 Å². The van der Waals surface area contributed by atoms with Crippen LogP contribution in [0.5, 0.6) is 0 Å². The minimum absolute atomic E-state index is 0.265. The molecule has 16 heavy (non-hydrogen) atoms. The predicted molar refractivity (Wildman–Crippen MR) is 70.8 cm³/mol. The van der Waals surface area contributed by atoms with Crippen molar-refractivity contribution in [3.05, 3.63) is 0 Å². The second kappa shape index (κ2) is 5.48. The summed E-state index contributed by atoms with van der Waals surface area (Å²) >= 11 is 0. The lowest BCUT2D eigenvalue weighted by Gasteiger charge is -2.42. The Morgan fingerprint density at radius 1 is 1.25 bits per heavy atom. The third kappa shape index (κ3) is 4.04. The molecule has 0 saturated carbocycles. The van der Waals surface area contributed by atoms with Crippen LogP contribution in [0.3, 0.4) is 0 Å². The van der Waals surface area contributed by atoms with E-state index in [1.165, 1.54) is 6.54 Å². The van der Waals surface area contributed by atoms with Crippen LogP contribution in [-0.4, -0.2) is 61.7 Å². The topological polar surface area (TPSA) is 18.5 Å². The van der Waals surface area contributed by atoms with Gasteiger partial charge in [0.25, 0.3) is 0 Å². The van der Waals surface area contributed by atoms with Gasteiger partial charge in [-0.25, -0.2) is 0 Å². The fourth-order valence-corrected chi connectivity index (χ4v) is 2.56. The van der Waals surface area contributed by atoms with Crippen molar-refractivity contribution in [3.63, 3.8) is 0 Å². The van der Waals surface area contributed by atoms with Crippen molar-refractivity contribution in [2.75, 3.05) is 40.3 Å². The van der Waals surface area contributed by atoms with Crippen molar-refractivity contribution in [1.29, 1.82) is 0 Å². The molecule has 0 aromatic rings. The zero-order valence-electron chi connectivity index (χ0n) is 11.9. The Kier molecular flexibility index (Phi) is 4.77. The van der Waals surface area contributed by atoms with Crippen LogP contribution in [0.25, 0.3) is 0 Å². The molecule has 1 saturated heterocycles. The van der Waals surface area contributed by atoms with Crippen LogP contribution in [0.15, 0.2) is 0 Å². The van der Waals surface area contributed by atoms with E-state index >= 15 is 0 Å². The Hall–Kier alpha value is -0.120. The zero-order chi connectivity index (χ0) is 12.3. The molecule has 3 heteroatoms. The molecule has 96 valence electrons. The standard InChI is InChI=1S/C13H29N3/c1-11-7-14-8-12(10-15(5)6)16(9-11)13(2,3)4/h11-12,14H,7-10H2,1-6H3. The summed E-state index contributed by atoms with van der Waals surface area (Å²) in [7, 11) is 4.32. The quantitative estimate of drug-likeness (QED) is 0.766. The Bertz CT molecular complexity index is 208. The molecule has 0 amide bonds. The van der Waals surface area contributed by atoms with Gasteiger partial charge in [-0.05, 0) is 47.3 Å². The van der Waals surface area contributed by atoms with Crippen LogP contribution >= 0.6 is 0 Å². The van der Waals surface area contributed by atoms with Crippen LogP contribution in [-0.2, 0) is 0 Å². The highest BCUT2D eigenvalue weighted by molar-refractivity contribution is 4.89. The first-order valence-electron chi connectivity index (χ1n) is 6.43. The van der Waals surface area contributed by atoms with Crippen LogP contribution in [0.4, 0.5) is 0 Å². The van der Waals surface area contributed by atoms with Crippen molar-refractivity contribution >= 4 is 0 Å². The van der Waals surface area contributed by atoms with Crippen LogP contribution < -0.4 is 5.32 Å². The first-order valence-corrected chi connectivity index (χ1v) is 6.43. The highest BCUT2D eigenvalue weighted by Crippen LogP contribution is 2.21. The summed E-state index contributed by atoms with van der Waals surface area (Å²) in [6, 6.07) is 0.625. The van der Waals surface area contributed by atoms with Gasteiger partial charge in [-0.2, -0.15) is 0 Å². The Balaban J connectivity index is 2.75. The van der Waals surface area contributed by atoms with Gasteiger partial charge in [0.1, 0.15) is 0 Å². The highest BCUT2D eigenvalue weighted by Gasteiger charge is 2.31. The molecular weight excluding hydrogens is 198 g/mol. The number of hydrogen-bond acceptors (Lipinski definition) is 3. The maximum Gasteiger partial charge on any atom is 0.0352 e. The van der Waals surface area contributed by atoms with Crippen LogP contribution in [0.2, 0.25) is 0 Å². The summed E-state index contributed by atoms with van der Waals surface area (Å²) < 4.78 is 0. The van der Waals surface area contributed by atoms with Gasteiger partial charge in [0.2, 0.25) is 0 Å². The predicted octanol–water partition coefficient (Wildman–Crippen LogP) is 1.26. The summed E-state index contributed by atoms with van der Waals surface area (Å²) in [5, 5.41) is 3.59. The number of hydrogen-bond donors (Lipinski definition) is 1. The summed E-state index contributed by atoms with van der Waals surface area (Å²) in [6.07, 6.45) is 0. The van der Waals surface area contributed by atoms with Gasteiger partial charge in [-0.1, -0.05) is 6.92 Å². The van der Waals surface area contributed by atoms with Gasteiger partial charge >= 0.3 is 0 Å². The smallest absolute Gasteiger partial charge is 0.0352 e. The number of nitrogens with one attached hydrogen (secondary N) is 1. The summed E-state index contributed by atoms with van der Waals surface area (Å²) in [5.74, 6) is 0.742. The van der Waals surface area contributed by atoms with Gasteiger partial charge < -0.3 is 10.2 Å². The van der Waals surface area contributed by atoms with Crippen molar-refractivity contribution in [2.45, 2.75) is 39.3 Å². The molecule has 1 N–H and O–H groups in total. The molecule has 2 unspecified atom stereocenters. The fraction of sp³-hybridized carbons (Fsp3) is 1.00. The van der Waals surface area contributed by atoms with Crippen molar-refractivity contribution < 1.29 is 0 Å². The van der Waals surface area contributed by atoms with Gasteiger partial charge in [0.15, 0.2) is 0 Å². The van der Waals surface area contributed by atoms with Crippen molar-refractivity contribution in [3.8, 4) is 0 Å². The average molecular weight is 227 g/mol. The van der Waals surface area contributed by atoms with Crippen molar-refractivity contribution in [1.82, 2.24) is 15.1 Å². The SMILES string of the molecule is CC1CNCC(CN(C)C)N(C(C)(C)C)C1. The summed E-state index contributed by atoms with van der Waals surface area (Å²) in [5.41, 5.74) is 0.265. The largest absolute Gasteiger partial charge is 0.315 e. The molecule has 1 rings (SSSR count). The monoisotopic (exact) mass is 227 g/mol. The molecule has 1 aliphatic heterocycles. The number of likely N-dealkylation sites (N-methyl/N-ethyl adjacent to an activating group) is 1. The number of nitrogens with zero attached hydrogens (tertiary/aromatic N) is 2. The Morgan fingerprint density at radius 3 is 2.38 bits per heavy atom. The minimum atomic E-state index is 0.265. The third-order valence-electron chi connectivity index (χ3n) is 3.26. The van der Waals surface area contributed by atoms with E-state index in [-0.39, 0.29) is 5.54 Å². The molecular formula is C13H29N3. The van der Waals surface area contributed by atoms with Gasteiger partial charge in [0.05, 0.1) is 0 Å². The third-order valence-corrected chi connectivity index (χ3v) is 3.26. The Morgan fingerprint density at radius 2 is 1.88 bits per heavy atom. The number of rotatable bonds is 2. The van der Waals surface area contributed by atoms with E-state index < -0.39 is 0 Å². The second-order valence-corrected chi connectivity index (χ2v) is 6.50. The molecule has 1 aliphatic rings. The maximum atomic E-state index is 3.59. The molecule has 0 aromatic carbocycles. The van der Waals surface area contributed by atoms with Gasteiger partial charge in [0, 0.05) is 31.2 Å². The molecule has 0 radical (unpaired) electrons. The van der Waals surface area contributed by atoms with Crippen LogP contribution in [0, 0.1) is 5.92 Å². The van der Waals surface area contributed by atoms with E-state index in [9.17, 15) is 0 Å².